The topological polar surface area (TPSA) is 100 Å². The summed E-state index contributed by atoms with van der Waals surface area (Å²) >= 11 is 0. The number of anilines is 1. The molecule has 7 nitrogen and oxygen atoms in total. The van der Waals surface area contributed by atoms with Crippen molar-refractivity contribution in [3.63, 3.8) is 0 Å². The van der Waals surface area contributed by atoms with Gasteiger partial charge >= 0.3 is 6.03 Å². The van der Waals surface area contributed by atoms with Gasteiger partial charge in [-0.3, -0.25) is 4.98 Å². The maximum atomic E-state index is 13.5. The summed E-state index contributed by atoms with van der Waals surface area (Å²) in [5.74, 6) is 0. The molecule has 0 saturated heterocycles. The van der Waals surface area contributed by atoms with E-state index in [1.54, 1.807) is 18.5 Å². The summed E-state index contributed by atoms with van der Waals surface area (Å²) in [6, 6.07) is 8.09. The number of aromatic nitrogens is 1. The van der Waals surface area contributed by atoms with Crippen LogP contribution in [0, 0.1) is 0 Å². The van der Waals surface area contributed by atoms with Gasteiger partial charge in [-0.15, -0.1) is 0 Å². The van der Waals surface area contributed by atoms with Gasteiger partial charge in [-0.25, -0.2) is 26.7 Å². The minimum absolute atomic E-state index is 0.00856. The van der Waals surface area contributed by atoms with Gasteiger partial charge in [0.15, 0.2) is 0 Å². The minimum atomic E-state index is -3.87. The van der Waals surface area contributed by atoms with Crippen LogP contribution in [0.25, 0.3) is 0 Å². The van der Waals surface area contributed by atoms with Gasteiger partial charge in [0, 0.05) is 30.7 Å². The highest BCUT2D eigenvalue weighted by atomic mass is 32.2. The molecule has 3 atom stereocenters. The maximum absolute atomic E-state index is 13.5. The quantitative estimate of drug-likeness (QED) is 0.664. The molecule has 0 spiro atoms. The fourth-order valence-corrected chi connectivity index (χ4v) is 4.33. The van der Waals surface area contributed by atoms with Crippen LogP contribution in [0.1, 0.15) is 24.8 Å². The zero-order chi connectivity index (χ0) is 20.9. The molecule has 0 radical (unpaired) electrons. The van der Waals surface area contributed by atoms with Crippen LogP contribution in [0.5, 0.6) is 0 Å². The first-order valence-electron chi connectivity index (χ1n) is 9.18. The third-order valence-corrected chi connectivity index (χ3v) is 6.15. The molecule has 3 N–H and O–H groups in total. The lowest BCUT2D eigenvalue weighted by atomic mass is 9.93. The molecular weight excluding hydrogens is 402 g/mol. The van der Waals surface area contributed by atoms with Crippen molar-refractivity contribution in [2.45, 2.75) is 49.1 Å². The standard InChI is InChI=1S/C19H22F2N4O3S/c20-17-8-5-15(10-18(17)21)25-29(27,28)16-6-3-14(4-7-16)24-19(26)23-12-13-2-1-9-22-11-13/h1-4,6-7,9,11,15,17-18,25H,5,8,10,12H2,(H2,23,24,26). The maximum Gasteiger partial charge on any atom is 0.319 e. The van der Waals surface area contributed by atoms with Crippen LogP contribution in [-0.2, 0) is 16.6 Å². The second-order valence-electron chi connectivity index (χ2n) is 6.86. The number of amides is 2. The normalized spacial score (nSPS) is 22.1. The number of hydrogen-bond donors (Lipinski definition) is 3. The highest BCUT2D eigenvalue weighted by Crippen LogP contribution is 2.25. The van der Waals surface area contributed by atoms with Crippen molar-refractivity contribution in [2.24, 2.45) is 0 Å². The van der Waals surface area contributed by atoms with Gasteiger partial charge in [-0.1, -0.05) is 6.07 Å². The van der Waals surface area contributed by atoms with Crippen molar-refractivity contribution < 1.29 is 22.0 Å². The molecule has 2 aromatic rings. The lowest BCUT2D eigenvalue weighted by molar-refractivity contribution is 0.106. The van der Waals surface area contributed by atoms with Crippen LogP contribution < -0.4 is 15.4 Å². The first-order chi connectivity index (χ1) is 13.8. The fourth-order valence-electron chi connectivity index (χ4n) is 3.05. The molecule has 0 bridgehead atoms. The van der Waals surface area contributed by atoms with Crippen molar-refractivity contribution in [1.82, 2.24) is 15.0 Å². The fraction of sp³-hybridized carbons (Fsp3) is 0.368. The average Bonchev–Trinajstić information content (AvgIpc) is 2.70. The molecule has 1 heterocycles. The highest BCUT2D eigenvalue weighted by molar-refractivity contribution is 7.89. The molecule has 1 aliphatic rings. The summed E-state index contributed by atoms with van der Waals surface area (Å²) in [4.78, 5) is 15.9. The zero-order valence-electron chi connectivity index (χ0n) is 15.5. The molecule has 10 heteroatoms. The summed E-state index contributed by atoms with van der Waals surface area (Å²) in [7, 11) is -3.87. The number of pyridine rings is 1. The van der Waals surface area contributed by atoms with Gasteiger partial charge in [-0.05, 0) is 55.2 Å². The number of carbonyl (C=O) groups excluding carboxylic acids is 1. The Morgan fingerprint density at radius 1 is 1.10 bits per heavy atom. The van der Waals surface area contributed by atoms with Gasteiger partial charge in [0.05, 0.1) is 4.90 Å². The zero-order valence-corrected chi connectivity index (χ0v) is 16.3. The van der Waals surface area contributed by atoms with E-state index in [2.05, 4.69) is 20.3 Å². The smallest absolute Gasteiger partial charge is 0.319 e. The summed E-state index contributed by atoms with van der Waals surface area (Å²) in [6.45, 7) is 0.298. The molecule has 1 saturated carbocycles. The monoisotopic (exact) mass is 424 g/mol. The van der Waals surface area contributed by atoms with E-state index in [4.69, 9.17) is 0 Å². The van der Waals surface area contributed by atoms with Gasteiger partial charge < -0.3 is 10.6 Å². The number of sulfonamides is 1. The number of nitrogens with zero attached hydrogens (tertiary/aromatic N) is 1. The Morgan fingerprint density at radius 2 is 1.86 bits per heavy atom. The number of nitrogens with one attached hydrogen (secondary N) is 3. The number of hydrogen-bond acceptors (Lipinski definition) is 4. The number of rotatable bonds is 6. The second kappa shape index (κ2) is 9.27. The Labute approximate surface area is 168 Å². The molecule has 3 rings (SSSR count). The minimum Gasteiger partial charge on any atom is -0.334 e. The predicted molar refractivity (Wildman–Crippen MR) is 104 cm³/mol. The van der Waals surface area contributed by atoms with Crippen molar-refractivity contribution >= 4 is 21.7 Å². The average molecular weight is 424 g/mol. The molecule has 156 valence electrons. The van der Waals surface area contributed by atoms with E-state index in [1.807, 2.05) is 6.07 Å². The van der Waals surface area contributed by atoms with Crippen LogP contribution in [-0.4, -0.2) is 37.8 Å². The van der Waals surface area contributed by atoms with Crippen molar-refractivity contribution in [3.8, 4) is 0 Å². The Balaban J connectivity index is 1.54. The lowest BCUT2D eigenvalue weighted by Gasteiger charge is -2.27. The number of benzene rings is 1. The molecule has 3 unspecified atom stereocenters. The van der Waals surface area contributed by atoms with Crippen molar-refractivity contribution in [3.05, 3.63) is 54.4 Å². The third-order valence-electron chi connectivity index (χ3n) is 4.61. The van der Waals surface area contributed by atoms with Crippen LogP contribution in [0.4, 0.5) is 19.3 Å². The summed E-state index contributed by atoms with van der Waals surface area (Å²) < 4.78 is 54.0. The van der Waals surface area contributed by atoms with Gasteiger partial charge in [0.25, 0.3) is 0 Å². The van der Waals surface area contributed by atoms with E-state index < -0.39 is 34.4 Å². The van der Waals surface area contributed by atoms with E-state index in [1.165, 1.54) is 24.3 Å². The number of carbonyl (C=O) groups is 1. The largest absolute Gasteiger partial charge is 0.334 e. The molecule has 1 fully saturated rings. The Morgan fingerprint density at radius 3 is 2.52 bits per heavy atom. The highest BCUT2D eigenvalue weighted by Gasteiger charge is 2.32. The molecule has 0 aliphatic heterocycles. The molecule has 1 aliphatic carbocycles. The predicted octanol–water partition coefficient (Wildman–Crippen LogP) is 2.91. The van der Waals surface area contributed by atoms with E-state index >= 15 is 0 Å². The van der Waals surface area contributed by atoms with Crippen LogP contribution >= 0.6 is 0 Å². The van der Waals surface area contributed by atoms with Crippen LogP contribution in [0.2, 0.25) is 0 Å². The van der Waals surface area contributed by atoms with E-state index in [9.17, 15) is 22.0 Å². The Bertz CT molecular complexity index is 926. The molecule has 2 amide bonds. The van der Waals surface area contributed by atoms with Crippen LogP contribution in [0.15, 0.2) is 53.7 Å². The molecule has 1 aromatic heterocycles. The van der Waals surface area contributed by atoms with Crippen molar-refractivity contribution in [2.75, 3.05) is 5.32 Å². The number of urea groups is 1. The van der Waals surface area contributed by atoms with Crippen LogP contribution in [0.3, 0.4) is 0 Å². The number of alkyl halides is 2. The molecule has 29 heavy (non-hydrogen) atoms. The second-order valence-corrected chi connectivity index (χ2v) is 8.57. The summed E-state index contributed by atoms with van der Waals surface area (Å²) in [5.41, 5.74) is 1.25. The Kier molecular flexibility index (Phi) is 6.75. The lowest BCUT2D eigenvalue weighted by Crippen LogP contribution is -2.42. The van der Waals surface area contributed by atoms with Gasteiger partial charge in [0.1, 0.15) is 12.3 Å². The number of halogens is 2. The third kappa shape index (κ3) is 5.94. The Hall–Kier alpha value is -2.59. The van der Waals surface area contributed by atoms with Crippen molar-refractivity contribution in [1.29, 1.82) is 0 Å². The SMILES string of the molecule is O=C(NCc1cccnc1)Nc1ccc(S(=O)(=O)NC2CCC(F)C(F)C2)cc1. The summed E-state index contributed by atoms with van der Waals surface area (Å²) in [5, 5.41) is 5.27. The molecule has 1 aromatic carbocycles. The van der Waals surface area contributed by atoms with Gasteiger partial charge in [-0.2, -0.15) is 0 Å². The van der Waals surface area contributed by atoms with E-state index in [0.29, 0.717) is 12.2 Å². The van der Waals surface area contributed by atoms with Gasteiger partial charge in [0.2, 0.25) is 10.0 Å². The first-order valence-corrected chi connectivity index (χ1v) is 10.7. The van der Waals surface area contributed by atoms with E-state index in [-0.39, 0.29) is 24.2 Å². The molecular formula is C19H22F2N4O3S. The summed E-state index contributed by atoms with van der Waals surface area (Å²) in [6.07, 6.45) is 0.132. The van der Waals surface area contributed by atoms with E-state index in [0.717, 1.165) is 5.56 Å². The first kappa shape index (κ1) is 21.1.